The smallest absolute Gasteiger partial charge is 0.313 e. The number of allylic oxidation sites excluding steroid dienone is 1. The number of fused-ring (bicyclic) bond motifs is 2. The lowest BCUT2D eigenvalue weighted by Crippen LogP contribution is -2.59. The van der Waals surface area contributed by atoms with Crippen LogP contribution in [0.5, 0.6) is 0 Å². The molecule has 47 heavy (non-hydrogen) atoms. The summed E-state index contributed by atoms with van der Waals surface area (Å²) in [5.41, 5.74) is -0.641. The van der Waals surface area contributed by atoms with E-state index >= 15 is 0 Å². The van der Waals surface area contributed by atoms with Gasteiger partial charge in [-0.2, -0.15) is 0 Å². The molecule has 10 heteroatoms. The van der Waals surface area contributed by atoms with Gasteiger partial charge in [-0.25, -0.2) is 0 Å². The number of amides is 3. The Balaban J connectivity index is 1.62. The van der Waals surface area contributed by atoms with E-state index in [0.29, 0.717) is 25.9 Å². The number of rotatable bonds is 9. The predicted molar refractivity (Wildman–Crippen MR) is 177 cm³/mol. The number of esters is 1. The fraction of sp³-hybridized carbons (Fsp3) is 0.622. The van der Waals surface area contributed by atoms with E-state index in [2.05, 4.69) is 6.92 Å². The Bertz CT molecular complexity index is 1360. The second-order valence-electron chi connectivity index (χ2n) is 13.6. The molecule has 2 saturated heterocycles. The molecule has 256 valence electrons. The van der Waals surface area contributed by atoms with Crippen LogP contribution in [0.3, 0.4) is 0 Å². The lowest BCUT2D eigenvalue weighted by atomic mass is 9.74. The minimum absolute atomic E-state index is 0.0885. The van der Waals surface area contributed by atoms with Crippen LogP contribution in [0.15, 0.2) is 54.6 Å². The van der Waals surface area contributed by atoms with Crippen molar-refractivity contribution in [3.8, 4) is 0 Å². The van der Waals surface area contributed by atoms with E-state index in [0.717, 1.165) is 24.8 Å². The number of nitrogens with zero attached hydrogens (tertiary/aromatic N) is 3. The maximum absolute atomic E-state index is 14.8. The van der Waals surface area contributed by atoms with Crippen LogP contribution in [0.25, 0.3) is 0 Å². The molecule has 1 aromatic rings. The number of ether oxygens (including phenoxy) is 2. The normalized spacial score (nSPS) is 33.3. The number of cyclic esters (lactones) is 1. The maximum Gasteiger partial charge on any atom is 0.313 e. The summed E-state index contributed by atoms with van der Waals surface area (Å²) in [7, 11) is 1.72. The van der Waals surface area contributed by atoms with Crippen molar-refractivity contribution < 1.29 is 33.8 Å². The monoisotopic (exact) mass is 649 g/mol. The number of hydrogen-bond acceptors (Lipinski definition) is 7. The number of aliphatic hydroxyl groups excluding tert-OH is 1. The first-order chi connectivity index (χ1) is 22.6. The molecule has 5 rings (SSSR count). The zero-order valence-corrected chi connectivity index (χ0v) is 28.4. The molecule has 9 atom stereocenters. The van der Waals surface area contributed by atoms with Crippen molar-refractivity contribution in [2.24, 2.45) is 17.8 Å². The Labute approximate surface area is 278 Å². The van der Waals surface area contributed by atoms with E-state index in [4.69, 9.17) is 9.47 Å². The molecule has 2 fully saturated rings. The topological polar surface area (TPSA) is 117 Å². The number of aliphatic hydroxyl groups is 1. The van der Waals surface area contributed by atoms with Gasteiger partial charge in [-0.05, 0) is 31.2 Å². The van der Waals surface area contributed by atoms with Crippen molar-refractivity contribution in [3.05, 3.63) is 60.2 Å². The van der Waals surface area contributed by atoms with Crippen molar-refractivity contribution in [1.29, 1.82) is 0 Å². The summed E-state index contributed by atoms with van der Waals surface area (Å²) in [5.74, 6) is -3.43. The van der Waals surface area contributed by atoms with Crippen LogP contribution in [-0.4, -0.2) is 100 Å². The standard InChI is InChI=1S/C37H51N3O7/c1-6-8-14-21-39-22-15-10-13-18-29(42)38(5)25(4)32(26-16-11-9-12-17-26)46-36(45)30-28-19-20-37(47-28)31(30)34(43)40(33(37)35(39)44)27(23-41)24(3)7-2/h9-12,15-17,19-20,24-25,27-28,30-33,41H,6-8,13-14,18,21-23H2,1-5H3/b15-10-/t24-,25+,27-,28-,30+,31+,32-,33-,37+/m0/s1. The molecule has 3 amide bonds. The molecule has 4 aliphatic rings. The Morgan fingerprint density at radius 2 is 1.79 bits per heavy atom. The quantitative estimate of drug-likeness (QED) is 0.244. The molecule has 4 aliphatic heterocycles. The lowest BCUT2D eigenvalue weighted by molar-refractivity contribution is -0.164. The van der Waals surface area contributed by atoms with E-state index in [1.54, 1.807) is 29.0 Å². The van der Waals surface area contributed by atoms with Crippen LogP contribution in [0.4, 0.5) is 0 Å². The summed E-state index contributed by atoms with van der Waals surface area (Å²) < 4.78 is 12.9. The molecule has 4 heterocycles. The molecule has 0 aliphatic carbocycles. The van der Waals surface area contributed by atoms with Gasteiger partial charge in [0.1, 0.15) is 23.7 Å². The Kier molecular flexibility index (Phi) is 10.9. The second-order valence-corrected chi connectivity index (χ2v) is 13.6. The van der Waals surface area contributed by atoms with Crippen molar-refractivity contribution in [2.45, 2.75) is 102 Å². The van der Waals surface area contributed by atoms with Gasteiger partial charge in [0.05, 0.1) is 30.7 Å². The van der Waals surface area contributed by atoms with Crippen LogP contribution in [0.2, 0.25) is 0 Å². The summed E-state index contributed by atoms with van der Waals surface area (Å²) in [6, 6.07) is 7.12. The molecule has 0 unspecified atom stereocenters. The van der Waals surface area contributed by atoms with Gasteiger partial charge in [-0.3, -0.25) is 19.2 Å². The van der Waals surface area contributed by atoms with Crippen molar-refractivity contribution >= 4 is 23.7 Å². The predicted octanol–water partition coefficient (Wildman–Crippen LogP) is 4.04. The molecule has 0 saturated carbocycles. The minimum atomic E-state index is -1.37. The second kappa shape index (κ2) is 14.7. The van der Waals surface area contributed by atoms with Crippen molar-refractivity contribution in [2.75, 3.05) is 26.7 Å². The first kappa shape index (κ1) is 34.8. The molecule has 5 bridgehead atoms. The number of unbranched alkanes of at least 4 members (excludes halogenated alkanes) is 2. The zero-order chi connectivity index (χ0) is 33.9. The number of likely N-dealkylation sites (tertiary alicyclic amines) is 1. The molecule has 10 nitrogen and oxygen atoms in total. The molecule has 1 N–H and O–H groups in total. The number of likely N-dealkylation sites (N-methyl/N-ethyl adjacent to an activating group) is 1. The Morgan fingerprint density at radius 3 is 2.47 bits per heavy atom. The van der Waals surface area contributed by atoms with E-state index in [1.165, 1.54) is 4.90 Å². The molecule has 1 aromatic carbocycles. The van der Waals surface area contributed by atoms with E-state index in [9.17, 15) is 24.3 Å². The highest BCUT2D eigenvalue weighted by Crippen LogP contribution is 2.56. The summed E-state index contributed by atoms with van der Waals surface area (Å²) in [4.78, 5) is 62.0. The summed E-state index contributed by atoms with van der Waals surface area (Å²) >= 11 is 0. The van der Waals surface area contributed by atoms with Gasteiger partial charge in [0, 0.05) is 26.6 Å². The highest BCUT2D eigenvalue weighted by molar-refractivity contribution is 5.99. The van der Waals surface area contributed by atoms with Crippen LogP contribution in [0.1, 0.15) is 77.9 Å². The first-order valence-electron chi connectivity index (χ1n) is 17.4. The number of carbonyl (C=O) groups is 4. The van der Waals surface area contributed by atoms with Gasteiger partial charge in [0.15, 0.2) is 0 Å². The first-order valence-corrected chi connectivity index (χ1v) is 17.4. The van der Waals surface area contributed by atoms with Crippen LogP contribution >= 0.6 is 0 Å². The van der Waals surface area contributed by atoms with Gasteiger partial charge < -0.3 is 29.3 Å². The molecular formula is C37H51N3O7. The highest BCUT2D eigenvalue weighted by atomic mass is 16.6. The number of hydrogen-bond donors (Lipinski definition) is 1. The highest BCUT2D eigenvalue weighted by Gasteiger charge is 2.74. The van der Waals surface area contributed by atoms with Crippen LogP contribution in [-0.2, 0) is 28.7 Å². The molecule has 0 radical (unpaired) electrons. The van der Waals surface area contributed by atoms with E-state index in [1.807, 2.05) is 63.3 Å². The molecule has 0 aromatic heterocycles. The Hall–Kier alpha value is -3.50. The van der Waals surface area contributed by atoms with Gasteiger partial charge in [-0.15, -0.1) is 0 Å². The van der Waals surface area contributed by atoms with E-state index in [-0.39, 0.29) is 36.7 Å². The minimum Gasteiger partial charge on any atom is -0.455 e. The average molecular weight is 650 g/mol. The van der Waals surface area contributed by atoms with Crippen LogP contribution < -0.4 is 0 Å². The summed E-state index contributed by atoms with van der Waals surface area (Å²) in [6.07, 6.45) is 10.0. The molecule has 1 spiro atoms. The lowest BCUT2D eigenvalue weighted by Gasteiger charge is -2.40. The van der Waals surface area contributed by atoms with Gasteiger partial charge in [0.2, 0.25) is 17.7 Å². The van der Waals surface area contributed by atoms with Gasteiger partial charge in [-0.1, -0.05) is 94.7 Å². The third-order valence-electron chi connectivity index (χ3n) is 10.8. The third kappa shape index (κ3) is 6.38. The number of benzene rings is 1. The van der Waals surface area contributed by atoms with Gasteiger partial charge >= 0.3 is 5.97 Å². The fourth-order valence-electron chi connectivity index (χ4n) is 7.77. The summed E-state index contributed by atoms with van der Waals surface area (Å²) in [5, 5.41) is 10.7. The van der Waals surface area contributed by atoms with Crippen molar-refractivity contribution in [1.82, 2.24) is 14.7 Å². The number of carbonyl (C=O) groups excluding carboxylic acids is 4. The third-order valence-corrected chi connectivity index (χ3v) is 10.8. The van der Waals surface area contributed by atoms with Crippen LogP contribution in [0, 0.1) is 17.8 Å². The Morgan fingerprint density at radius 1 is 1.04 bits per heavy atom. The average Bonchev–Trinajstić information content (AvgIpc) is 3.73. The van der Waals surface area contributed by atoms with E-state index < -0.39 is 53.7 Å². The summed E-state index contributed by atoms with van der Waals surface area (Å²) in [6.45, 7) is 8.39. The SMILES string of the molecule is CCCCCN1C/C=C\CCC(=O)N(C)[C@H](C)[C@@H](c2ccccc2)OC(=O)[C@@H]2[C@@H]3C=C[C@]4(O3)[C@H](C1=O)N([C@@H](CO)[C@@H](C)CC)C(=O)[C@@H]24. The van der Waals surface area contributed by atoms with Gasteiger partial charge in [0.25, 0.3) is 0 Å². The maximum atomic E-state index is 14.8. The zero-order valence-electron chi connectivity index (χ0n) is 28.4. The molecular weight excluding hydrogens is 598 g/mol. The largest absolute Gasteiger partial charge is 0.455 e. The van der Waals surface area contributed by atoms with Crippen molar-refractivity contribution in [3.63, 3.8) is 0 Å². The fourth-order valence-corrected chi connectivity index (χ4v) is 7.77.